The van der Waals surface area contributed by atoms with E-state index >= 15 is 0 Å². The summed E-state index contributed by atoms with van der Waals surface area (Å²) in [6.45, 7) is 0.619. The number of benzene rings is 1. The number of rotatable bonds is 3. The van der Waals surface area contributed by atoms with Crippen molar-refractivity contribution in [2.24, 2.45) is 0 Å². The fourth-order valence-electron chi connectivity index (χ4n) is 4.43. The second kappa shape index (κ2) is 5.90. The van der Waals surface area contributed by atoms with E-state index in [9.17, 15) is 36.6 Å². The fraction of sp³-hybridized carbons (Fsp3) is 0.579. The fourth-order valence-corrected chi connectivity index (χ4v) is 4.43. The molecule has 5 nitrogen and oxygen atoms in total. The van der Waals surface area contributed by atoms with Crippen molar-refractivity contribution >= 4 is 11.8 Å². The van der Waals surface area contributed by atoms with Gasteiger partial charge in [0, 0.05) is 24.6 Å². The molecule has 4 rings (SSSR count). The van der Waals surface area contributed by atoms with Crippen molar-refractivity contribution in [3.05, 3.63) is 34.9 Å². The monoisotopic (exact) mass is 418 g/mol. The summed E-state index contributed by atoms with van der Waals surface area (Å²) in [5.41, 5.74) is -4.41. The molecule has 1 aromatic carbocycles. The Morgan fingerprint density at radius 3 is 2.45 bits per heavy atom. The Labute approximate surface area is 162 Å². The molecule has 2 fully saturated rings. The molecule has 2 saturated carbocycles. The minimum absolute atomic E-state index is 0.235. The summed E-state index contributed by atoms with van der Waals surface area (Å²) in [5.74, 6) is -4.57. The van der Waals surface area contributed by atoms with E-state index in [1.807, 2.05) is 0 Å². The van der Waals surface area contributed by atoms with Gasteiger partial charge < -0.3 is 15.3 Å². The first-order valence-corrected chi connectivity index (χ1v) is 9.15. The Balaban J connectivity index is 1.57. The van der Waals surface area contributed by atoms with Gasteiger partial charge >= 0.3 is 6.18 Å². The van der Waals surface area contributed by atoms with Crippen molar-refractivity contribution in [3.63, 3.8) is 0 Å². The third-order valence-corrected chi connectivity index (χ3v) is 6.01. The summed E-state index contributed by atoms with van der Waals surface area (Å²) in [6.07, 6.45) is -4.70. The molecule has 1 aromatic rings. The van der Waals surface area contributed by atoms with Gasteiger partial charge in [-0.2, -0.15) is 13.2 Å². The maximum absolute atomic E-state index is 14.2. The van der Waals surface area contributed by atoms with Gasteiger partial charge in [0.15, 0.2) is 0 Å². The lowest BCUT2D eigenvalue weighted by atomic mass is 9.77. The lowest BCUT2D eigenvalue weighted by Crippen LogP contribution is -2.56. The van der Waals surface area contributed by atoms with E-state index in [2.05, 4.69) is 5.32 Å². The van der Waals surface area contributed by atoms with E-state index in [4.69, 9.17) is 0 Å². The van der Waals surface area contributed by atoms with Crippen LogP contribution in [0.5, 0.6) is 0 Å². The first kappa shape index (κ1) is 20.1. The maximum atomic E-state index is 14.2. The van der Waals surface area contributed by atoms with Gasteiger partial charge in [-0.05, 0) is 43.5 Å². The van der Waals surface area contributed by atoms with Crippen molar-refractivity contribution in [2.75, 3.05) is 13.1 Å². The van der Waals surface area contributed by atoms with Gasteiger partial charge in [0.2, 0.25) is 5.91 Å². The van der Waals surface area contributed by atoms with Gasteiger partial charge in [-0.15, -0.1) is 0 Å². The van der Waals surface area contributed by atoms with Gasteiger partial charge in [0.25, 0.3) is 11.8 Å². The maximum Gasteiger partial charge on any atom is 0.416 e. The van der Waals surface area contributed by atoms with Gasteiger partial charge in [0.05, 0.1) is 23.1 Å². The van der Waals surface area contributed by atoms with E-state index in [0.29, 0.717) is 25.0 Å². The summed E-state index contributed by atoms with van der Waals surface area (Å²) >= 11 is 0. The molecular weight excluding hydrogens is 399 g/mol. The Bertz CT molecular complexity index is 890. The lowest BCUT2D eigenvalue weighted by molar-refractivity contribution is -0.137. The molecule has 0 unspecified atom stereocenters. The molecule has 1 heterocycles. The number of halogens is 5. The molecule has 2 aliphatic carbocycles. The molecule has 2 amide bonds. The van der Waals surface area contributed by atoms with Crippen LogP contribution in [0.25, 0.3) is 0 Å². The van der Waals surface area contributed by atoms with E-state index in [1.165, 1.54) is 0 Å². The Hall–Kier alpha value is -2.23. The highest BCUT2D eigenvalue weighted by Crippen LogP contribution is 2.64. The average Bonchev–Trinajstić information content (AvgIpc) is 3.10. The van der Waals surface area contributed by atoms with Crippen LogP contribution in [-0.2, 0) is 16.4 Å². The van der Waals surface area contributed by atoms with Crippen LogP contribution in [-0.4, -0.2) is 52.5 Å². The highest BCUT2D eigenvalue weighted by Gasteiger charge is 2.74. The smallest absolute Gasteiger partial charge is 0.390 e. The summed E-state index contributed by atoms with van der Waals surface area (Å²) in [5, 5.41) is 12.3. The topological polar surface area (TPSA) is 69.6 Å². The third kappa shape index (κ3) is 3.27. The molecule has 2 N–H and O–H groups in total. The average molecular weight is 418 g/mol. The molecule has 0 bridgehead atoms. The molecule has 0 saturated heterocycles. The van der Waals surface area contributed by atoms with Crippen molar-refractivity contribution in [1.82, 2.24) is 10.2 Å². The molecule has 3 aliphatic rings. The quantitative estimate of drug-likeness (QED) is 0.742. The summed E-state index contributed by atoms with van der Waals surface area (Å²) < 4.78 is 67.5. The highest BCUT2D eigenvalue weighted by atomic mass is 19.4. The molecule has 29 heavy (non-hydrogen) atoms. The minimum atomic E-state index is -4.72. The zero-order chi connectivity index (χ0) is 21.4. The van der Waals surface area contributed by atoms with E-state index < -0.39 is 60.0 Å². The molecule has 1 atom stereocenters. The van der Waals surface area contributed by atoms with E-state index in [0.717, 1.165) is 11.0 Å². The second-order valence-corrected chi connectivity index (χ2v) is 8.55. The summed E-state index contributed by atoms with van der Waals surface area (Å²) in [4.78, 5) is 25.9. The molecule has 10 heteroatoms. The number of nitrogens with zero attached hydrogens (tertiary/aromatic N) is 1. The van der Waals surface area contributed by atoms with Crippen LogP contribution >= 0.6 is 0 Å². The Morgan fingerprint density at radius 1 is 1.31 bits per heavy atom. The van der Waals surface area contributed by atoms with Crippen LogP contribution in [0.3, 0.4) is 0 Å². The van der Waals surface area contributed by atoms with E-state index in [1.54, 1.807) is 6.92 Å². The highest BCUT2D eigenvalue weighted by molar-refractivity contribution is 6.00. The number of hydrogen-bond donors (Lipinski definition) is 2. The molecule has 0 radical (unpaired) electrons. The van der Waals surface area contributed by atoms with Crippen molar-refractivity contribution in [3.8, 4) is 0 Å². The third-order valence-electron chi connectivity index (χ3n) is 6.01. The second-order valence-electron chi connectivity index (χ2n) is 8.55. The SMILES string of the molecule is CC1(O)CC(NC(=O)CN2C[C@]3(CC3(F)F)c3cc(C(F)(F)F)ccc3C2=O)C1. The predicted molar refractivity (Wildman–Crippen MR) is 90.4 cm³/mol. The number of carbonyl (C=O) groups is 2. The number of hydrogen-bond acceptors (Lipinski definition) is 3. The zero-order valence-corrected chi connectivity index (χ0v) is 15.4. The van der Waals surface area contributed by atoms with Crippen molar-refractivity contribution in [1.29, 1.82) is 0 Å². The van der Waals surface area contributed by atoms with E-state index in [-0.39, 0.29) is 17.2 Å². The van der Waals surface area contributed by atoms with Gasteiger partial charge in [-0.3, -0.25) is 9.59 Å². The number of aliphatic hydroxyl groups is 1. The Kier molecular flexibility index (Phi) is 4.08. The predicted octanol–water partition coefficient (Wildman–Crippen LogP) is 2.47. The van der Waals surface area contributed by atoms with Crippen LogP contribution in [0.1, 0.15) is 47.7 Å². The van der Waals surface area contributed by atoms with Crippen LogP contribution in [0.15, 0.2) is 18.2 Å². The largest absolute Gasteiger partial charge is 0.416 e. The standard InChI is InChI=1S/C19H19F5N2O3/c1-16(29)5-11(6-16)25-14(27)7-26-9-17(8-18(17,20)21)13-4-10(19(22,23)24)2-3-12(13)15(26)28/h2-4,11,29H,5-9H2,1H3,(H,25,27)/t11?,16?,17-/m1/s1. The summed E-state index contributed by atoms with van der Waals surface area (Å²) in [7, 11) is 0. The molecule has 158 valence electrons. The molecular formula is C19H19F5N2O3. The van der Waals surface area contributed by atoms with Crippen LogP contribution in [0, 0.1) is 0 Å². The van der Waals surface area contributed by atoms with Crippen molar-refractivity contribution < 1.29 is 36.6 Å². The lowest BCUT2D eigenvalue weighted by Gasteiger charge is -2.41. The molecule has 1 aliphatic heterocycles. The minimum Gasteiger partial charge on any atom is -0.390 e. The van der Waals surface area contributed by atoms with Crippen molar-refractivity contribution in [2.45, 2.75) is 55.3 Å². The first-order chi connectivity index (χ1) is 13.2. The van der Waals surface area contributed by atoms with Crippen LogP contribution < -0.4 is 5.32 Å². The first-order valence-electron chi connectivity index (χ1n) is 9.15. The number of carbonyl (C=O) groups excluding carboxylic acids is 2. The number of fused-ring (bicyclic) bond motifs is 2. The molecule has 0 aromatic heterocycles. The Morgan fingerprint density at radius 2 is 1.93 bits per heavy atom. The molecule has 1 spiro atoms. The van der Waals surface area contributed by atoms with Crippen LogP contribution in [0.2, 0.25) is 0 Å². The normalized spacial score (nSPS) is 32.6. The number of amides is 2. The van der Waals surface area contributed by atoms with Gasteiger partial charge in [0.1, 0.15) is 0 Å². The van der Waals surface area contributed by atoms with Gasteiger partial charge in [-0.1, -0.05) is 0 Å². The number of nitrogens with one attached hydrogen (secondary N) is 1. The number of alkyl halides is 5. The van der Waals surface area contributed by atoms with Gasteiger partial charge in [-0.25, -0.2) is 8.78 Å². The van der Waals surface area contributed by atoms with Crippen LogP contribution in [0.4, 0.5) is 22.0 Å². The summed E-state index contributed by atoms with van der Waals surface area (Å²) in [6, 6.07) is 1.95. The zero-order valence-electron chi connectivity index (χ0n) is 15.4.